The number of phenolic OH excluding ortho intramolecular Hbond substituents is 1. The van der Waals surface area contributed by atoms with E-state index in [1.807, 2.05) is 0 Å². The zero-order chi connectivity index (χ0) is 13.9. The lowest BCUT2D eigenvalue weighted by Gasteiger charge is -2.17. The fourth-order valence-electron chi connectivity index (χ4n) is 1.35. The molecule has 0 bridgehead atoms. The molecule has 7 nitrogen and oxygen atoms in total. The number of aliphatic hydroxyl groups excluding tert-OH is 1. The number of benzene rings is 1. The Hall–Kier alpha value is -2.28. The Morgan fingerprint density at radius 3 is 2.50 bits per heavy atom. The van der Waals surface area contributed by atoms with Gasteiger partial charge in [0.1, 0.15) is 0 Å². The normalized spacial score (nSPS) is 13.7. The second kappa shape index (κ2) is 5.37. The molecular formula is C11H14N2O5. The molecule has 0 saturated carbocycles. The number of carbonyl (C=O) groups excluding carboxylic acids is 1. The van der Waals surface area contributed by atoms with E-state index in [4.69, 9.17) is 10.8 Å². The van der Waals surface area contributed by atoms with Crippen LogP contribution in [0.2, 0.25) is 0 Å². The minimum absolute atomic E-state index is 0.00609. The number of para-hydroxylation sites is 1. The third kappa shape index (κ3) is 2.89. The van der Waals surface area contributed by atoms with Crippen molar-refractivity contribution in [2.45, 2.75) is 19.1 Å². The Morgan fingerprint density at radius 1 is 1.39 bits per heavy atom. The highest BCUT2D eigenvalue weighted by Crippen LogP contribution is 2.24. The molecule has 2 atom stereocenters. The highest BCUT2D eigenvalue weighted by molar-refractivity contribution is 6.00. The Morgan fingerprint density at radius 2 is 2.00 bits per heavy atom. The summed E-state index contributed by atoms with van der Waals surface area (Å²) in [4.78, 5) is 22.5. The molecule has 0 spiro atoms. The van der Waals surface area contributed by atoms with Crippen molar-refractivity contribution in [1.82, 2.24) is 5.32 Å². The molecule has 0 saturated heterocycles. The molecule has 98 valence electrons. The van der Waals surface area contributed by atoms with Gasteiger partial charge in [0, 0.05) is 0 Å². The lowest BCUT2D eigenvalue weighted by molar-refractivity contribution is -0.141. The van der Waals surface area contributed by atoms with Crippen molar-refractivity contribution in [3.63, 3.8) is 0 Å². The number of amides is 1. The van der Waals surface area contributed by atoms with E-state index in [9.17, 15) is 19.8 Å². The molecule has 0 aromatic heterocycles. The summed E-state index contributed by atoms with van der Waals surface area (Å²) < 4.78 is 0. The van der Waals surface area contributed by atoms with Gasteiger partial charge in [-0.1, -0.05) is 6.07 Å². The lowest BCUT2D eigenvalue weighted by atomic mass is 10.1. The number of hydrogen-bond acceptors (Lipinski definition) is 5. The van der Waals surface area contributed by atoms with Crippen LogP contribution in [0, 0.1) is 0 Å². The van der Waals surface area contributed by atoms with Crippen LogP contribution in [0.5, 0.6) is 5.75 Å². The van der Waals surface area contributed by atoms with Gasteiger partial charge in [0.2, 0.25) is 0 Å². The van der Waals surface area contributed by atoms with E-state index in [0.29, 0.717) is 0 Å². The van der Waals surface area contributed by atoms with Crippen LogP contribution in [0.15, 0.2) is 18.2 Å². The molecule has 1 amide bonds. The van der Waals surface area contributed by atoms with E-state index in [0.717, 1.165) is 0 Å². The zero-order valence-electron chi connectivity index (χ0n) is 9.62. The molecule has 0 aliphatic carbocycles. The monoisotopic (exact) mass is 254 g/mol. The van der Waals surface area contributed by atoms with Gasteiger partial charge in [-0.25, -0.2) is 4.79 Å². The number of carboxylic acids is 1. The maximum Gasteiger partial charge on any atom is 0.328 e. The molecular weight excluding hydrogens is 240 g/mol. The number of hydrogen-bond donors (Lipinski definition) is 5. The van der Waals surface area contributed by atoms with Gasteiger partial charge in [-0.05, 0) is 19.1 Å². The lowest BCUT2D eigenvalue weighted by Crippen LogP contribution is -2.47. The van der Waals surface area contributed by atoms with Crippen molar-refractivity contribution in [2.24, 2.45) is 0 Å². The number of aromatic hydroxyl groups is 1. The van der Waals surface area contributed by atoms with E-state index in [2.05, 4.69) is 5.32 Å². The topological polar surface area (TPSA) is 133 Å². The highest BCUT2D eigenvalue weighted by atomic mass is 16.4. The first kappa shape index (κ1) is 13.8. The molecule has 1 aromatic rings. The maximum absolute atomic E-state index is 11.7. The van der Waals surface area contributed by atoms with Crippen LogP contribution in [0.3, 0.4) is 0 Å². The fourth-order valence-corrected chi connectivity index (χ4v) is 1.35. The van der Waals surface area contributed by atoms with Gasteiger partial charge in [0.15, 0.2) is 11.8 Å². The molecule has 0 aliphatic heterocycles. The third-order valence-electron chi connectivity index (χ3n) is 2.35. The van der Waals surface area contributed by atoms with Gasteiger partial charge >= 0.3 is 5.97 Å². The van der Waals surface area contributed by atoms with Crippen LogP contribution < -0.4 is 11.1 Å². The number of phenols is 1. The number of nitrogens with one attached hydrogen (secondary N) is 1. The smallest absolute Gasteiger partial charge is 0.328 e. The van der Waals surface area contributed by atoms with Crippen molar-refractivity contribution in [3.05, 3.63) is 23.8 Å². The first-order valence-corrected chi connectivity index (χ1v) is 5.13. The average Bonchev–Trinajstić information content (AvgIpc) is 2.28. The molecule has 0 radical (unpaired) electrons. The first-order chi connectivity index (χ1) is 8.34. The van der Waals surface area contributed by atoms with Gasteiger partial charge in [-0.2, -0.15) is 0 Å². The van der Waals surface area contributed by atoms with Crippen molar-refractivity contribution < 1.29 is 24.9 Å². The van der Waals surface area contributed by atoms with Crippen LogP contribution in [-0.4, -0.2) is 39.3 Å². The standard InChI is InChI=1S/C11H14N2O5/c1-5(14)8(11(17)18)13-10(16)6-3-2-4-7(12)9(6)15/h2-5,8,14-15H,12H2,1H3,(H,13,16)(H,17,18). The predicted octanol–water partition coefficient (Wildman–Crippen LogP) is -0.462. The van der Waals surface area contributed by atoms with E-state index in [1.54, 1.807) is 0 Å². The molecule has 1 aromatic carbocycles. The van der Waals surface area contributed by atoms with E-state index in [1.165, 1.54) is 25.1 Å². The maximum atomic E-state index is 11.7. The van der Waals surface area contributed by atoms with Crippen LogP contribution in [-0.2, 0) is 4.79 Å². The van der Waals surface area contributed by atoms with Gasteiger partial charge in [0.05, 0.1) is 17.4 Å². The highest BCUT2D eigenvalue weighted by Gasteiger charge is 2.26. The summed E-state index contributed by atoms with van der Waals surface area (Å²) in [5.41, 5.74) is 5.27. The first-order valence-electron chi connectivity index (χ1n) is 5.13. The Kier molecular flexibility index (Phi) is 4.11. The second-order valence-corrected chi connectivity index (χ2v) is 3.77. The number of carboxylic acid groups (broad SMARTS) is 1. The summed E-state index contributed by atoms with van der Waals surface area (Å²) in [5, 5.41) is 29.7. The molecule has 6 N–H and O–H groups in total. The number of anilines is 1. The predicted molar refractivity (Wildman–Crippen MR) is 63.1 cm³/mol. The van der Waals surface area contributed by atoms with Crippen LogP contribution in [0.1, 0.15) is 17.3 Å². The number of carbonyl (C=O) groups is 2. The Bertz CT molecular complexity index is 473. The number of aliphatic hydroxyl groups is 1. The van der Waals surface area contributed by atoms with Gasteiger partial charge in [0.25, 0.3) is 5.91 Å². The number of nitrogen functional groups attached to an aromatic ring is 1. The Balaban J connectivity index is 2.94. The summed E-state index contributed by atoms with van der Waals surface area (Å²) in [7, 11) is 0. The van der Waals surface area contributed by atoms with Gasteiger partial charge in [-0.3, -0.25) is 4.79 Å². The summed E-state index contributed by atoms with van der Waals surface area (Å²) in [6, 6.07) is 2.68. The fraction of sp³-hybridized carbons (Fsp3) is 0.273. The minimum atomic E-state index is -1.46. The second-order valence-electron chi connectivity index (χ2n) is 3.77. The van der Waals surface area contributed by atoms with Crippen LogP contribution in [0.25, 0.3) is 0 Å². The number of rotatable bonds is 4. The molecule has 18 heavy (non-hydrogen) atoms. The molecule has 1 rings (SSSR count). The average molecular weight is 254 g/mol. The summed E-state index contributed by atoms with van der Waals surface area (Å²) in [6.07, 6.45) is -1.27. The molecule has 0 fully saturated rings. The third-order valence-corrected chi connectivity index (χ3v) is 2.35. The van der Waals surface area contributed by atoms with Crippen molar-refractivity contribution >= 4 is 17.6 Å². The van der Waals surface area contributed by atoms with Crippen molar-refractivity contribution in [2.75, 3.05) is 5.73 Å². The summed E-state index contributed by atoms with van der Waals surface area (Å²) >= 11 is 0. The summed E-state index contributed by atoms with van der Waals surface area (Å²) in [5.74, 6) is -2.63. The largest absolute Gasteiger partial charge is 0.505 e. The van der Waals surface area contributed by atoms with Crippen LogP contribution in [0.4, 0.5) is 5.69 Å². The van der Waals surface area contributed by atoms with Gasteiger partial charge in [-0.15, -0.1) is 0 Å². The Labute approximate surface area is 103 Å². The van der Waals surface area contributed by atoms with Gasteiger partial charge < -0.3 is 26.4 Å². The van der Waals surface area contributed by atoms with Crippen molar-refractivity contribution in [3.8, 4) is 5.75 Å². The number of aliphatic carboxylic acids is 1. The molecule has 0 aliphatic rings. The van der Waals surface area contributed by atoms with E-state index in [-0.39, 0.29) is 11.3 Å². The van der Waals surface area contributed by atoms with E-state index >= 15 is 0 Å². The molecule has 7 heteroatoms. The minimum Gasteiger partial charge on any atom is -0.505 e. The zero-order valence-corrected chi connectivity index (χ0v) is 9.62. The number of nitrogens with two attached hydrogens (primary N) is 1. The summed E-state index contributed by atoms with van der Waals surface area (Å²) in [6.45, 7) is 1.23. The SMILES string of the molecule is CC(O)C(NC(=O)c1cccc(N)c1O)C(=O)O. The molecule has 2 unspecified atom stereocenters. The molecule has 0 heterocycles. The van der Waals surface area contributed by atoms with Crippen molar-refractivity contribution in [1.29, 1.82) is 0 Å². The van der Waals surface area contributed by atoms with Crippen LogP contribution >= 0.6 is 0 Å². The quantitative estimate of drug-likeness (QED) is 0.364. The van der Waals surface area contributed by atoms with E-state index < -0.39 is 29.8 Å².